The molecule has 0 saturated carbocycles. The van der Waals surface area contributed by atoms with Crippen molar-refractivity contribution >= 4 is 34.6 Å². The van der Waals surface area contributed by atoms with Gasteiger partial charge >= 0.3 is 6.09 Å². The van der Waals surface area contributed by atoms with Gasteiger partial charge in [-0.05, 0) is 29.9 Å². The molecule has 3 rings (SSSR count). The quantitative estimate of drug-likeness (QED) is 0.331. The van der Waals surface area contributed by atoms with Crippen molar-refractivity contribution in [3.8, 4) is 0 Å². The van der Waals surface area contributed by atoms with E-state index in [1.54, 1.807) is 6.33 Å². The fraction of sp³-hybridized carbons (Fsp3) is 0.458. The van der Waals surface area contributed by atoms with Gasteiger partial charge in [0.1, 0.15) is 11.9 Å². The number of ketones is 1. The Balaban J connectivity index is 1.99. The van der Waals surface area contributed by atoms with Gasteiger partial charge in [-0.3, -0.25) is 19.6 Å². The van der Waals surface area contributed by atoms with Crippen LogP contribution in [0.2, 0.25) is 0 Å². The zero-order valence-corrected chi connectivity index (χ0v) is 20.0. The monoisotopic (exact) mass is 468 g/mol. The second-order valence-corrected chi connectivity index (χ2v) is 9.44. The zero-order valence-electron chi connectivity index (χ0n) is 20.0. The molecule has 0 aliphatic rings. The second kappa shape index (κ2) is 10.5. The molecule has 0 saturated heterocycles. The standard InChI is InChI=1S/C24H32N6O4/c1-5-6-10-17(21(31)22(32)28-19-11-12-27-29-19)30(23(33)34)18(24(2,3)4)13-15-8-7-9-16-20(15)26-14-25-16/h7-9,11-12,14,17-18H,5-6,10,13H2,1-4H3,(H,25,26)(H,33,34)(H2,27,28,29,32)/t17-,18-/m0/s1. The van der Waals surface area contributed by atoms with E-state index >= 15 is 0 Å². The molecule has 3 aromatic rings. The van der Waals surface area contributed by atoms with E-state index in [1.165, 1.54) is 17.2 Å². The third-order valence-electron chi connectivity index (χ3n) is 5.95. The molecule has 10 nitrogen and oxygen atoms in total. The van der Waals surface area contributed by atoms with Crippen molar-refractivity contribution < 1.29 is 19.5 Å². The number of H-pyrrole nitrogens is 2. The minimum absolute atomic E-state index is 0.249. The Morgan fingerprint density at radius 1 is 1.21 bits per heavy atom. The van der Waals surface area contributed by atoms with Crippen LogP contribution in [0.1, 0.15) is 52.5 Å². The molecule has 2 heterocycles. The molecule has 4 N–H and O–H groups in total. The van der Waals surface area contributed by atoms with Crippen LogP contribution in [0.5, 0.6) is 0 Å². The van der Waals surface area contributed by atoms with Gasteiger partial charge in [0.15, 0.2) is 0 Å². The van der Waals surface area contributed by atoms with E-state index in [0.717, 1.165) is 23.0 Å². The molecule has 182 valence electrons. The average Bonchev–Trinajstić information content (AvgIpc) is 3.46. The summed E-state index contributed by atoms with van der Waals surface area (Å²) in [6.45, 7) is 7.77. The third-order valence-corrected chi connectivity index (χ3v) is 5.95. The molecule has 2 amide bonds. The number of anilines is 1. The van der Waals surface area contributed by atoms with Crippen LogP contribution in [0.3, 0.4) is 0 Å². The van der Waals surface area contributed by atoms with Crippen LogP contribution in [0.15, 0.2) is 36.8 Å². The van der Waals surface area contributed by atoms with E-state index in [0.29, 0.717) is 12.8 Å². The van der Waals surface area contributed by atoms with Crippen LogP contribution >= 0.6 is 0 Å². The fourth-order valence-corrected chi connectivity index (χ4v) is 4.17. The smallest absolute Gasteiger partial charge is 0.408 e. The summed E-state index contributed by atoms with van der Waals surface area (Å²) in [4.78, 5) is 47.3. The van der Waals surface area contributed by atoms with Crippen molar-refractivity contribution in [3.63, 3.8) is 0 Å². The zero-order chi connectivity index (χ0) is 24.9. The van der Waals surface area contributed by atoms with Crippen molar-refractivity contribution in [2.24, 2.45) is 5.41 Å². The molecule has 2 aromatic heterocycles. The van der Waals surface area contributed by atoms with Crippen LogP contribution < -0.4 is 5.32 Å². The number of hydrogen-bond acceptors (Lipinski definition) is 5. The van der Waals surface area contributed by atoms with E-state index in [1.807, 2.05) is 45.9 Å². The third kappa shape index (κ3) is 5.62. The Labute approximate surface area is 198 Å². The molecule has 0 unspecified atom stereocenters. The number of hydrogen-bond donors (Lipinski definition) is 4. The number of carbonyl (C=O) groups is 3. The number of nitrogens with zero attached hydrogens (tertiary/aromatic N) is 3. The predicted molar refractivity (Wildman–Crippen MR) is 128 cm³/mol. The van der Waals surface area contributed by atoms with Gasteiger partial charge in [-0.15, -0.1) is 0 Å². The van der Waals surface area contributed by atoms with E-state index in [9.17, 15) is 19.5 Å². The molecule has 0 fully saturated rings. The second-order valence-electron chi connectivity index (χ2n) is 9.44. The van der Waals surface area contributed by atoms with Gasteiger partial charge in [-0.1, -0.05) is 52.7 Å². The van der Waals surface area contributed by atoms with E-state index in [-0.39, 0.29) is 12.2 Å². The molecular formula is C24H32N6O4. The summed E-state index contributed by atoms with van der Waals surface area (Å²) in [5.41, 5.74) is 1.98. The largest absolute Gasteiger partial charge is 0.465 e. The molecule has 2 atom stereocenters. The Kier molecular flexibility index (Phi) is 7.70. The first-order valence-electron chi connectivity index (χ1n) is 11.4. The molecule has 0 radical (unpaired) electrons. The Hall–Kier alpha value is -3.69. The number of carbonyl (C=O) groups excluding carboxylic acids is 2. The number of aromatic nitrogens is 4. The summed E-state index contributed by atoms with van der Waals surface area (Å²) >= 11 is 0. The maximum atomic E-state index is 13.3. The van der Waals surface area contributed by atoms with Crippen molar-refractivity contribution in [2.75, 3.05) is 5.32 Å². The number of fused-ring (bicyclic) bond motifs is 1. The molecule has 10 heteroatoms. The Morgan fingerprint density at radius 2 is 1.97 bits per heavy atom. The molecule has 0 spiro atoms. The van der Waals surface area contributed by atoms with Gasteiger partial charge in [0.25, 0.3) is 5.91 Å². The molecule has 0 bridgehead atoms. The predicted octanol–water partition coefficient (Wildman–Crippen LogP) is 3.99. The number of Topliss-reactive ketones (excluding diaryl/α,β-unsaturated/α-hetero) is 1. The number of para-hydroxylation sites is 1. The molecule has 0 aliphatic heterocycles. The summed E-state index contributed by atoms with van der Waals surface area (Å²) in [5.74, 6) is -1.40. The van der Waals surface area contributed by atoms with Gasteiger partial charge < -0.3 is 15.4 Å². The minimum atomic E-state index is -1.24. The van der Waals surface area contributed by atoms with E-state index < -0.39 is 35.3 Å². The van der Waals surface area contributed by atoms with Crippen LogP contribution in [0.25, 0.3) is 11.0 Å². The maximum Gasteiger partial charge on any atom is 0.408 e. The molecule has 34 heavy (non-hydrogen) atoms. The van der Waals surface area contributed by atoms with Crippen LogP contribution in [0.4, 0.5) is 10.6 Å². The van der Waals surface area contributed by atoms with E-state index in [2.05, 4.69) is 25.5 Å². The number of benzene rings is 1. The maximum absolute atomic E-state index is 13.3. The number of rotatable bonds is 10. The number of imidazole rings is 1. The first-order chi connectivity index (χ1) is 16.1. The van der Waals surface area contributed by atoms with Crippen molar-refractivity contribution in [1.29, 1.82) is 0 Å². The van der Waals surface area contributed by atoms with E-state index in [4.69, 9.17) is 0 Å². The SMILES string of the molecule is CCCC[C@@H](C(=O)C(=O)Nc1ccn[nH]1)N(C(=O)O)[C@@H](Cc1cccc2nc[nH]c12)C(C)(C)C. The van der Waals surface area contributed by atoms with Crippen molar-refractivity contribution in [2.45, 2.75) is 65.5 Å². The highest BCUT2D eigenvalue weighted by Crippen LogP contribution is 2.32. The van der Waals surface area contributed by atoms with Gasteiger partial charge in [0, 0.05) is 12.1 Å². The molecular weight excluding hydrogens is 436 g/mol. The highest BCUT2D eigenvalue weighted by molar-refractivity contribution is 6.42. The highest BCUT2D eigenvalue weighted by atomic mass is 16.4. The van der Waals surface area contributed by atoms with Gasteiger partial charge in [-0.25, -0.2) is 9.78 Å². The number of nitrogens with one attached hydrogen (secondary N) is 3. The summed E-state index contributed by atoms with van der Waals surface area (Å²) in [6, 6.07) is 5.50. The Morgan fingerprint density at radius 3 is 2.59 bits per heavy atom. The summed E-state index contributed by atoms with van der Waals surface area (Å²) in [6.07, 6.45) is 3.77. The molecule has 1 aromatic carbocycles. The van der Waals surface area contributed by atoms with Crippen LogP contribution in [-0.4, -0.2) is 60.0 Å². The minimum Gasteiger partial charge on any atom is -0.465 e. The topological polar surface area (TPSA) is 144 Å². The van der Waals surface area contributed by atoms with Crippen LogP contribution in [-0.2, 0) is 16.0 Å². The van der Waals surface area contributed by atoms with Crippen molar-refractivity contribution in [1.82, 2.24) is 25.1 Å². The number of carboxylic acid groups (broad SMARTS) is 1. The first-order valence-corrected chi connectivity index (χ1v) is 11.4. The lowest BCUT2D eigenvalue weighted by atomic mass is 9.80. The van der Waals surface area contributed by atoms with Crippen LogP contribution in [0, 0.1) is 5.41 Å². The lowest BCUT2D eigenvalue weighted by Gasteiger charge is -2.42. The number of aromatic amines is 2. The number of unbranched alkanes of at least 4 members (excludes halogenated alkanes) is 1. The highest BCUT2D eigenvalue weighted by Gasteiger charge is 2.42. The lowest BCUT2D eigenvalue weighted by molar-refractivity contribution is -0.139. The Bertz CT molecular complexity index is 1130. The normalized spacial score (nSPS) is 13.4. The van der Waals surface area contributed by atoms with Gasteiger partial charge in [-0.2, -0.15) is 5.10 Å². The average molecular weight is 469 g/mol. The fourth-order valence-electron chi connectivity index (χ4n) is 4.17. The lowest BCUT2D eigenvalue weighted by Crippen LogP contribution is -2.57. The van der Waals surface area contributed by atoms with Gasteiger partial charge in [0.05, 0.1) is 23.6 Å². The number of amides is 2. The summed E-state index contributed by atoms with van der Waals surface area (Å²) in [5, 5.41) is 19.1. The summed E-state index contributed by atoms with van der Waals surface area (Å²) < 4.78 is 0. The summed E-state index contributed by atoms with van der Waals surface area (Å²) in [7, 11) is 0. The van der Waals surface area contributed by atoms with Crippen molar-refractivity contribution in [3.05, 3.63) is 42.4 Å². The molecule has 0 aliphatic carbocycles. The first kappa shape index (κ1) is 24.9. The van der Waals surface area contributed by atoms with Gasteiger partial charge in [0.2, 0.25) is 5.78 Å².